The van der Waals surface area contributed by atoms with Crippen LogP contribution in [0.3, 0.4) is 0 Å². The Labute approximate surface area is 152 Å². The van der Waals surface area contributed by atoms with Gasteiger partial charge in [-0.25, -0.2) is 0 Å². The van der Waals surface area contributed by atoms with Gasteiger partial charge in [0.15, 0.2) is 0 Å². The highest BCUT2D eigenvalue weighted by molar-refractivity contribution is 5.79. The molecule has 25 heavy (non-hydrogen) atoms. The Morgan fingerprint density at radius 3 is 2.92 bits per heavy atom. The van der Waals surface area contributed by atoms with Gasteiger partial charge in [-0.15, -0.1) is 0 Å². The quantitative estimate of drug-likeness (QED) is 0.693. The number of nitrogens with zero attached hydrogens (tertiary/aromatic N) is 2. The maximum Gasteiger partial charge on any atom is 0.226 e. The van der Waals surface area contributed by atoms with Crippen LogP contribution in [-0.2, 0) is 9.53 Å². The molecule has 1 saturated carbocycles. The molecule has 0 bridgehead atoms. The van der Waals surface area contributed by atoms with Gasteiger partial charge in [0.05, 0.1) is 6.61 Å². The topological polar surface area (TPSA) is 32.8 Å². The van der Waals surface area contributed by atoms with E-state index in [-0.39, 0.29) is 5.41 Å². The smallest absolute Gasteiger partial charge is 0.226 e. The lowest BCUT2D eigenvalue weighted by atomic mass is 9.77. The van der Waals surface area contributed by atoms with Crippen molar-refractivity contribution in [3.63, 3.8) is 0 Å². The molecule has 4 heteroatoms. The van der Waals surface area contributed by atoms with E-state index in [1.165, 1.54) is 31.3 Å². The van der Waals surface area contributed by atoms with Crippen molar-refractivity contribution in [3.05, 3.63) is 11.6 Å². The molecule has 2 aliphatic heterocycles. The van der Waals surface area contributed by atoms with Gasteiger partial charge < -0.3 is 14.5 Å². The fourth-order valence-corrected chi connectivity index (χ4v) is 5.13. The van der Waals surface area contributed by atoms with Crippen molar-refractivity contribution in [2.24, 2.45) is 17.3 Å². The van der Waals surface area contributed by atoms with Crippen LogP contribution in [0.15, 0.2) is 11.6 Å². The number of hydrogen-bond acceptors (Lipinski definition) is 3. The monoisotopic (exact) mass is 346 g/mol. The first-order valence-corrected chi connectivity index (χ1v) is 10.4. The molecule has 2 atom stereocenters. The number of hydrogen-bond donors (Lipinski definition) is 0. The summed E-state index contributed by atoms with van der Waals surface area (Å²) < 4.78 is 6.05. The van der Waals surface area contributed by atoms with E-state index in [1.807, 2.05) is 0 Å². The molecule has 1 spiro atoms. The number of carbonyl (C=O) groups is 1. The van der Waals surface area contributed by atoms with Gasteiger partial charge in [0, 0.05) is 50.5 Å². The van der Waals surface area contributed by atoms with E-state index in [0.717, 1.165) is 64.6 Å². The van der Waals surface area contributed by atoms with Crippen LogP contribution >= 0.6 is 0 Å². The average molecular weight is 347 g/mol. The second-order valence-corrected chi connectivity index (χ2v) is 9.09. The zero-order valence-electron chi connectivity index (χ0n) is 15.8. The van der Waals surface area contributed by atoms with Gasteiger partial charge in [0.1, 0.15) is 0 Å². The van der Waals surface area contributed by atoms with E-state index >= 15 is 0 Å². The van der Waals surface area contributed by atoms with E-state index < -0.39 is 0 Å². The van der Waals surface area contributed by atoms with Gasteiger partial charge in [-0.1, -0.05) is 11.6 Å². The summed E-state index contributed by atoms with van der Waals surface area (Å²) >= 11 is 0. The van der Waals surface area contributed by atoms with Crippen molar-refractivity contribution in [2.45, 2.75) is 51.4 Å². The lowest BCUT2D eigenvalue weighted by molar-refractivity contribution is -0.130. The maximum absolute atomic E-state index is 12.8. The van der Waals surface area contributed by atoms with E-state index in [9.17, 15) is 4.79 Å². The molecule has 2 saturated heterocycles. The minimum absolute atomic E-state index is 0.273. The molecule has 2 heterocycles. The number of likely N-dealkylation sites (tertiary alicyclic amines) is 2. The summed E-state index contributed by atoms with van der Waals surface area (Å²) in [6.07, 6.45) is 11.7. The molecule has 0 N–H and O–H groups in total. The van der Waals surface area contributed by atoms with Crippen molar-refractivity contribution in [1.29, 1.82) is 0 Å². The zero-order chi connectivity index (χ0) is 17.3. The van der Waals surface area contributed by atoms with Gasteiger partial charge in [-0.05, 0) is 57.9 Å². The van der Waals surface area contributed by atoms with Gasteiger partial charge >= 0.3 is 0 Å². The third-order valence-electron chi connectivity index (χ3n) is 6.85. The van der Waals surface area contributed by atoms with Gasteiger partial charge in [0.25, 0.3) is 0 Å². The Morgan fingerprint density at radius 1 is 1.28 bits per heavy atom. The van der Waals surface area contributed by atoms with Crippen molar-refractivity contribution >= 4 is 5.91 Å². The Hall–Kier alpha value is -0.870. The molecular formula is C21H34N2O2. The van der Waals surface area contributed by atoms with Gasteiger partial charge in [0.2, 0.25) is 5.91 Å². The molecule has 2 aliphatic carbocycles. The first-order chi connectivity index (χ1) is 12.1. The first-order valence-electron chi connectivity index (χ1n) is 10.4. The normalized spacial score (nSPS) is 33.2. The lowest BCUT2D eigenvalue weighted by Crippen LogP contribution is -2.38. The van der Waals surface area contributed by atoms with Crippen molar-refractivity contribution in [3.8, 4) is 0 Å². The molecule has 0 aromatic rings. The summed E-state index contributed by atoms with van der Waals surface area (Å²) in [6, 6.07) is 0. The Bertz CT molecular complexity index is 528. The van der Waals surface area contributed by atoms with Crippen LogP contribution in [-0.4, -0.2) is 62.1 Å². The minimum atomic E-state index is 0.273. The molecular weight excluding hydrogens is 312 g/mol. The molecule has 140 valence electrons. The second-order valence-electron chi connectivity index (χ2n) is 9.09. The highest BCUT2D eigenvalue weighted by Gasteiger charge is 2.50. The largest absolute Gasteiger partial charge is 0.381 e. The fourth-order valence-electron chi connectivity index (χ4n) is 5.13. The molecule has 0 aromatic carbocycles. The van der Waals surface area contributed by atoms with Crippen LogP contribution in [0, 0.1) is 17.3 Å². The van der Waals surface area contributed by atoms with E-state index in [1.54, 1.807) is 0 Å². The molecule has 0 radical (unpaired) electrons. The van der Waals surface area contributed by atoms with Crippen molar-refractivity contribution in [1.82, 2.24) is 9.80 Å². The number of carbonyl (C=O) groups excluding carboxylic acids is 1. The Kier molecular flexibility index (Phi) is 5.19. The molecule has 0 unspecified atom stereocenters. The average Bonchev–Trinajstić information content (AvgIpc) is 3.24. The molecule has 4 aliphatic rings. The maximum atomic E-state index is 12.8. The van der Waals surface area contributed by atoms with Gasteiger partial charge in [-0.2, -0.15) is 0 Å². The second kappa shape index (κ2) is 7.40. The van der Waals surface area contributed by atoms with Crippen LogP contribution in [0.2, 0.25) is 0 Å². The number of ether oxygens (including phenoxy) is 1. The lowest BCUT2D eigenvalue weighted by Gasteiger charge is -2.30. The summed E-state index contributed by atoms with van der Waals surface area (Å²) in [4.78, 5) is 17.4. The minimum Gasteiger partial charge on any atom is -0.381 e. The van der Waals surface area contributed by atoms with Crippen molar-refractivity contribution in [2.75, 3.05) is 46.4 Å². The number of amides is 1. The van der Waals surface area contributed by atoms with Crippen LogP contribution in [0.25, 0.3) is 0 Å². The highest BCUT2D eigenvalue weighted by atomic mass is 16.5. The Morgan fingerprint density at radius 2 is 2.16 bits per heavy atom. The third kappa shape index (κ3) is 4.11. The third-order valence-corrected chi connectivity index (χ3v) is 6.85. The number of rotatable bonds is 6. The standard InChI is InChI=1S/C21H34N2O2/c1-22-12-19(14-25-13-18-7-8-18)21(15-22)9-10-23(16-21)20(24)11-17-5-3-2-4-6-17/h5,18-19H,2-4,6-16H2,1H3/t19-,21+/m1/s1. The van der Waals surface area contributed by atoms with Crippen molar-refractivity contribution < 1.29 is 9.53 Å². The zero-order valence-corrected chi connectivity index (χ0v) is 15.8. The first kappa shape index (κ1) is 17.5. The summed E-state index contributed by atoms with van der Waals surface area (Å²) in [5.41, 5.74) is 1.65. The summed E-state index contributed by atoms with van der Waals surface area (Å²) in [7, 11) is 2.22. The fraction of sp³-hybridized carbons (Fsp3) is 0.857. The summed E-state index contributed by atoms with van der Waals surface area (Å²) in [5, 5.41) is 0. The molecule has 4 nitrogen and oxygen atoms in total. The van der Waals surface area contributed by atoms with Gasteiger partial charge in [-0.3, -0.25) is 4.79 Å². The molecule has 4 rings (SSSR count). The summed E-state index contributed by atoms with van der Waals surface area (Å²) in [6.45, 7) is 5.97. The van der Waals surface area contributed by atoms with Crippen LogP contribution < -0.4 is 0 Å². The van der Waals surface area contributed by atoms with E-state index in [4.69, 9.17) is 4.74 Å². The SMILES string of the molecule is CN1C[C@H](COCC2CC2)[C@@]2(CCN(C(=O)CC3=CCCCC3)C2)C1. The molecule has 1 amide bonds. The molecule has 0 aromatic heterocycles. The summed E-state index contributed by atoms with van der Waals surface area (Å²) in [5.74, 6) is 1.78. The van der Waals surface area contributed by atoms with E-state index in [2.05, 4.69) is 22.9 Å². The van der Waals surface area contributed by atoms with Crippen LogP contribution in [0.5, 0.6) is 0 Å². The Balaban J connectivity index is 1.33. The predicted octanol–water partition coefficient (Wildman–Crippen LogP) is 3.08. The highest BCUT2D eigenvalue weighted by Crippen LogP contribution is 2.44. The number of allylic oxidation sites excluding steroid dienone is 1. The molecule has 3 fully saturated rings. The predicted molar refractivity (Wildman–Crippen MR) is 99.3 cm³/mol. The van der Waals surface area contributed by atoms with Crippen LogP contribution in [0.4, 0.5) is 0 Å². The van der Waals surface area contributed by atoms with Crippen LogP contribution in [0.1, 0.15) is 51.4 Å². The van der Waals surface area contributed by atoms with E-state index in [0.29, 0.717) is 18.2 Å².